The monoisotopic (exact) mass is 506 g/mol. The number of benzene rings is 3. The number of hydrogen-bond acceptors (Lipinski definition) is 3. The molecule has 0 aliphatic heterocycles. The molecule has 1 N–H and O–H groups in total. The number of nitrogens with zero attached hydrogens (tertiary/aromatic N) is 1. The molecular formula is C30H35FN2O2S. The molecule has 1 fully saturated rings. The molecule has 1 atom stereocenters. The van der Waals surface area contributed by atoms with Crippen molar-refractivity contribution in [3.8, 4) is 22.5 Å². The van der Waals surface area contributed by atoms with E-state index in [1.807, 2.05) is 35.6 Å². The molecule has 1 aromatic heterocycles. The van der Waals surface area contributed by atoms with E-state index in [1.165, 1.54) is 31.4 Å². The predicted molar refractivity (Wildman–Crippen MR) is 150 cm³/mol. The number of anilines is 1. The third-order valence-corrected chi connectivity index (χ3v) is 6.88. The molecule has 0 radical (unpaired) electrons. The fourth-order valence-corrected chi connectivity index (χ4v) is 5.03. The second-order valence-electron chi connectivity index (χ2n) is 9.62. The average molecular weight is 507 g/mol. The molecule has 4 nitrogen and oxygen atoms in total. The summed E-state index contributed by atoms with van der Waals surface area (Å²) in [5.41, 5.74) is 5.47. The van der Waals surface area contributed by atoms with Crippen molar-refractivity contribution in [3.63, 3.8) is 0 Å². The number of hydrogen-bond donors (Lipinski definition) is 1. The lowest BCUT2D eigenvalue weighted by molar-refractivity contribution is 0.618. The molecule has 0 amide bonds. The first-order chi connectivity index (χ1) is 17.4. The van der Waals surface area contributed by atoms with Gasteiger partial charge in [0, 0.05) is 47.5 Å². The molecule has 190 valence electrons. The normalized spacial score (nSPS) is 13.4. The number of furan rings is 1. The molecule has 0 bridgehead atoms. The molecule has 0 spiro atoms. The van der Waals surface area contributed by atoms with E-state index in [9.17, 15) is 8.60 Å². The van der Waals surface area contributed by atoms with Crippen LogP contribution in [0.3, 0.4) is 0 Å². The minimum absolute atomic E-state index is 0.284. The van der Waals surface area contributed by atoms with Gasteiger partial charge < -0.3 is 9.73 Å². The quantitative estimate of drug-likeness (QED) is 0.268. The van der Waals surface area contributed by atoms with Crippen molar-refractivity contribution in [2.45, 2.75) is 39.7 Å². The Balaban J connectivity index is 0.000000943. The van der Waals surface area contributed by atoms with E-state index in [0.717, 1.165) is 33.3 Å². The van der Waals surface area contributed by atoms with E-state index in [0.29, 0.717) is 30.4 Å². The summed E-state index contributed by atoms with van der Waals surface area (Å²) in [6.45, 7) is 5.49. The molecule has 36 heavy (non-hydrogen) atoms. The van der Waals surface area contributed by atoms with Crippen LogP contribution in [0.4, 0.5) is 10.1 Å². The zero-order valence-corrected chi connectivity index (χ0v) is 22.3. The fraction of sp³-hybridized carbons (Fsp3) is 0.333. The second kappa shape index (κ2) is 11.8. The third-order valence-electron chi connectivity index (χ3n) is 5.92. The molecule has 1 saturated carbocycles. The van der Waals surface area contributed by atoms with Crippen LogP contribution in [0.25, 0.3) is 33.4 Å². The van der Waals surface area contributed by atoms with E-state index < -0.39 is 11.0 Å². The molecule has 1 heterocycles. The summed E-state index contributed by atoms with van der Waals surface area (Å²) in [6, 6.07) is 20.6. The van der Waals surface area contributed by atoms with Crippen LogP contribution in [0.2, 0.25) is 0 Å². The standard InChI is InChI=1S/C27H29FN2O2S.C3H6/c1-18(2)17-30(33(4)31)25-15-26-23(14-22(25)19-8-6-5-7-9-19)24(16-29-3)27(32-26)20-10-12-21(28)13-11-20;1-2-3-1/h5-15,18,29H,16-17H2,1-4H3;1-3H2. The van der Waals surface area contributed by atoms with Crippen LogP contribution in [-0.2, 0) is 17.5 Å². The highest BCUT2D eigenvalue weighted by Gasteiger charge is 2.23. The molecule has 1 unspecified atom stereocenters. The zero-order chi connectivity index (χ0) is 25.7. The van der Waals surface area contributed by atoms with Gasteiger partial charge in [-0.25, -0.2) is 8.60 Å². The van der Waals surface area contributed by atoms with E-state index in [-0.39, 0.29) is 5.82 Å². The van der Waals surface area contributed by atoms with E-state index in [2.05, 4.69) is 37.4 Å². The molecule has 1 aliphatic rings. The van der Waals surface area contributed by atoms with Crippen LogP contribution >= 0.6 is 0 Å². The Labute approximate surface area is 216 Å². The highest BCUT2D eigenvalue weighted by molar-refractivity contribution is 7.85. The maximum Gasteiger partial charge on any atom is 0.139 e. The highest BCUT2D eigenvalue weighted by atomic mass is 32.2. The first-order valence-corrected chi connectivity index (χ1v) is 14.1. The maximum atomic E-state index is 13.5. The summed E-state index contributed by atoms with van der Waals surface area (Å²) in [7, 11) is 0.688. The van der Waals surface area contributed by atoms with Crippen LogP contribution in [0, 0.1) is 11.7 Å². The number of halogens is 1. The fourth-order valence-electron chi connectivity index (χ4n) is 4.10. The van der Waals surface area contributed by atoms with Crippen LogP contribution in [0.5, 0.6) is 0 Å². The summed E-state index contributed by atoms with van der Waals surface area (Å²) in [5.74, 6) is 0.761. The first-order valence-electron chi connectivity index (χ1n) is 12.6. The van der Waals surface area contributed by atoms with Gasteiger partial charge in [0.1, 0.15) is 28.1 Å². The van der Waals surface area contributed by atoms with Gasteiger partial charge in [0.05, 0.1) is 5.69 Å². The lowest BCUT2D eigenvalue weighted by Crippen LogP contribution is -2.29. The van der Waals surface area contributed by atoms with Gasteiger partial charge in [-0.3, -0.25) is 4.31 Å². The smallest absolute Gasteiger partial charge is 0.139 e. The second-order valence-corrected chi connectivity index (χ2v) is 10.9. The number of nitrogens with one attached hydrogen (secondary N) is 1. The van der Waals surface area contributed by atoms with Crippen molar-refractivity contribution in [1.29, 1.82) is 0 Å². The molecule has 3 aromatic carbocycles. The first kappa shape index (κ1) is 26.1. The summed E-state index contributed by atoms with van der Waals surface area (Å²) in [5, 5.41) is 4.22. The van der Waals surface area contributed by atoms with Crippen molar-refractivity contribution in [2.24, 2.45) is 5.92 Å². The van der Waals surface area contributed by atoms with Gasteiger partial charge in [-0.15, -0.1) is 0 Å². The van der Waals surface area contributed by atoms with Gasteiger partial charge in [0.25, 0.3) is 0 Å². The van der Waals surface area contributed by atoms with Crippen LogP contribution in [0.15, 0.2) is 71.1 Å². The summed E-state index contributed by atoms with van der Waals surface area (Å²) < 4.78 is 34.6. The molecular weight excluding hydrogens is 471 g/mol. The van der Waals surface area contributed by atoms with Gasteiger partial charge in [-0.2, -0.15) is 0 Å². The lowest BCUT2D eigenvalue weighted by atomic mass is 9.98. The largest absolute Gasteiger partial charge is 0.456 e. The minimum Gasteiger partial charge on any atom is -0.456 e. The lowest BCUT2D eigenvalue weighted by Gasteiger charge is -2.26. The molecule has 1 aliphatic carbocycles. The van der Waals surface area contributed by atoms with Crippen molar-refractivity contribution < 1.29 is 13.0 Å². The van der Waals surface area contributed by atoms with Crippen molar-refractivity contribution in [3.05, 3.63) is 78.1 Å². The Morgan fingerprint density at radius 3 is 2.22 bits per heavy atom. The van der Waals surface area contributed by atoms with E-state index in [4.69, 9.17) is 4.42 Å². The van der Waals surface area contributed by atoms with Crippen molar-refractivity contribution >= 4 is 27.6 Å². The van der Waals surface area contributed by atoms with Gasteiger partial charge in [-0.1, -0.05) is 63.4 Å². The summed E-state index contributed by atoms with van der Waals surface area (Å²) in [4.78, 5) is 0. The Hall–Kier alpha value is -2.96. The minimum atomic E-state index is -1.20. The predicted octanol–water partition coefficient (Wildman–Crippen LogP) is 7.55. The topological polar surface area (TPSA) is 45.5 Å². The van der Waals surface area contributed by atoms with Crippen molar-refractivity contribution in [1.82, 2.24) is 5.32 Å². The maximum absolute atomic E-state index is 13.5. The summed E-state index contributed by atoms with van der Waals surface area (Å²) >= 11 is 0. The number of fused-ring (bicyclic) bond motifs is 1. The van der Waals surface area contributed by atoms with Gasteiger partial charge in [-0.05, 0) is 48.9 Å². The van der Waals surface area contributed by atoms with Gasteiger partial charge >= 0.3 is 0 Å². The van der Waals surface area contributed by atoms with Crippen molar-refractivity contribution in [2.75, 3.05) is 24.2 Å². The summed E-state index contributed by atoms with van der Waals surface area (Å²) in [6.07, 6.45) is 6.21. The van der Waals surface area contributed by atoms with E-state index in [1.54, 1.807) is 18.4 Å². The molecule has 0 saturated heterocycles. The number of rotatable bonds is 8. The SMILES string of the molecule is C1CC1.CNCc1c(-c2ccc(F)cc2)oc2cc(N(CC(C)C)S(C)=O)c(-c3ccccc3)cc12. The Morgan fingerprint density at radius 1 is 1.00 bits per heavy atom. The Morgan fingerprint density at radius 2 is 1.67 bits per heavy atom. The Kier molecular flexibility index (Phi) is 8.60. The molecule has 4 aromatic rings. The molecule has 6 heteroatoms. The van der Waals surface area contributed by atoms with Crippen LogP contribution in [0.1, 0.15) is 38.7 Å². The van der Waals surface area contributed by atoms with E-state index >= 15 is 0 Å². The third kappa shape index (κ3) is 6.23. The zero-order valence-electron chi connectivity index (χ0n) is 21.5. The van der Waals surface area contributed by atoms with Crippen LogP contribution < -0.4 is 9.62 Å². The molecule has 5 rings (SSSR count). The van der Waals surface area contributed by atoms with Gasteiger partial charge in [0.15, 0.2) is 0 Å². The van der Waals surface area contributed by atoms with Crippen LogP contribution in [-0.4, -0.2) is 24.1 Å². The Bertz CT molecular complexity index is 1310. The van der Waals surface area contributed by atoms with Gasteiger partial charge in [0.2, 0.25) is 0 Å². The average Bonchev–Trinajstić information content (AvgIpc) is 3.72. The highest BCUT2D eigenvalue weighted by Crippen LogP contribution is 2.41.